The molecule has 0 spiro atoms. The molecule has 3 aromatic rings. The lowest BCUT2D eigenvalue weighted by molar-refractivity contribution is -0.141. The lowest BCUT2D eigenvalue weighted by Crippen LogP contribution is -2.25. The van der Waals surface area contributed by atoms with Crippen LogP contribution in [0.3, 0.4) is 0 Å². The zero-order chi connectivity index (χ0) is 20.5. The van der Waals surface area contributed by atoms with Crippen LogP contribution in [0.25, 0.3) is 0 Å². The number of hydrogen-bond acceptors (Lipinski definition) is 3. The van der Waals surface area contributed by atoms with Gasteiger partial charge >= 0.3 is 6.18 Å². The second-order valence-electron chi connectivity index (χ2n) is 6.34. The summed E-state index contributed by atoms with van der Waals surface area (Å²) in [6.07, 6.45) is -1.05. The molecular formula is C18H17BrF3N5O. The van der Waals surface area contributed by atoms with Gasteiger partial charge in [0, 0.05) is 17.6 Å². The number of aromatic nitrogens is 4. The smallest absolute Gasteiger partial charge is 0.324 e. The van der Waals surface area contributed by atoms with Gasteiger partial charge < -0.3 is 5.32 Å². The molecule has 2 heterocycles. The van der Waals surface area contributed by atoms with Gasteiger partial charge in [-0.05, 0) is 53.5 Å². The summed E-state index contributed by atoms with van der Waals surface area (Å²) in [5, 5.41) is 10.4. The molecule has 10 heteroatoms. The molecule has 1 amide bonds. The molecule has 0 saturated heterocycles. The Morgan fingerprint density at radius 1 is 1.32 bits per heavy atom. The summed E-state index contributed by atoms with van der Waals surface area (Å²) >= 11 is 3.33. The van der Waals surface area contributed by atoms with Gasteiger partial charge in [-0.15, -0.1) is 0 Å². The molecule has 148 valence electrons. The first kappa shape index (κ1) is 20.1. The highest BCUT2D eigenvalue weighted by atomic mass is 79.9. The average molecular weight is 456 g/mol. The van der Waals surface area contributed by atoms with Crippen LogP contribution in [0.2, 0.25) is 0 Å². The van der Waals surface area contributed by atoms with Crippen molar-refractivity contribution >= 4 is 27.5 Å². The minimum atomic E-state index is -4.55. The molecule has 2 aromatic heterocycles. The predicted molar refractivity (Wildman–Crippen MR) is 101 cm³/mol. The first-order valence-electron chi connectivity index (χ1n) is 8.34. The summed E-state index contributed by atoms with van der Waals surface area (Å²) in [4.78, 5) is 12.5. The Morgan fingerprint density at radius 3 is 2.68 bits per heavy atom. The third kappa shape index (κ3) is 4.61. The van der Waals surface area contributed by atoms with Crippen LogP contribution in [0.15, 0.2) is 47.2 Å². The number of amides is 1. The Labute approximate surface area is 167 Å². The Kier molecular flexibility index (Phi) is 5.59. The van der Waals surface area contributed by atoms with E-state index in [1.54, 1.807) is 29.1 Å². The molecule has 1 N–H and O–H groups in total. The topological polar surface area (TPSA) is 64.7 Å². The number of nitrogens with zero attached hydrogens (tertiary/aromatic N) is 4. The van der Waals surface area contributed by atoms with Crippen molar-refractivity contribution in [2.45, 2.75) is 32.6 Å². The fourth-order valence-corrected chi connectivity index (χ4v) is 3.06. The van der Waals surface area contributed by atoms with Crippen molar-refractivity contribution in [3.8, 4) is 0 Å². The van der Waals surface area contributed by atoms with E-state index in [1.165, 1.54) is 13.8 Å². The van der Waals surface area contributed by atoms with Crippen molar-refractivity contribution in [1.82, 2.24) is 19.6 Å². The van der Waals surface area contributed by atoms with Gasteiger partial charge in [-0.2, -0.15) is 23.4 Å². The molecule has 0 aliphatic rings. The molecule has 1 aromatic carbocycles. The second-order valence-corrected chi connectivity index (χ2v) is 7.25. The maximum Gasteiger partial charge on any atom is 0.435 e. The summed E-state index contributed by atoms with van der Waals surface area (Å²) < 4.78 is 42.2. The highest BCUT2D eigenvalue weighted by Crippen LogP contribution is 2.29. The summed E-state index contributed by atoms with van der Waals surface area (Å²) in [6, 6.07) is 7.20. The van der Waals surface area contributed by atoms with E-state index in [4.69, 9.17) is 0 Å². The number of hydrogen-bond donors (Lipinski definition) is 1. The van der Waals surface area contributed by atoms with Gasteiger partial charge in [-0.25, -0.2) is 0 Å². The summed E-state index contributed by atoms with van der Waals surface area (Å²) in [6.45, 7) is 3.49. The number of alkyl halides is 3. The van der Waals surface area contributed by atoms with E-state index >= 15 is 0 Å². The maximum atomic E-state index is 12.8. The zero-order valence-corrected chi connectivity index (χ0v) is 16.6. The Bertz CT molecular complexity index is 995. The molecule has 1 atom stereocenters. The van der Waals surface area contributed by atoms with Crippen LogP contribution in [0.4, 0.5) is 18.9 Å². The number of benzene rings is 1. The highest BCUT2D eigenvalue weighted by molar-refractivity contribution is 9.10. The average Bonchev–Trinajstić information content (AvgIpc) is 3.20. The third-order valence-electron chi connectivity index (χ3n) is 4.10. The number of carbonyl (C=O) groups excluding carboxylic acids is 1. The van der Waals surface area contributed by atoms with Crippen molar-refractivity contribution in [3.63, 3.8) is 0 Å². The molecule has 0 saturated carbocycles. The Hall–Kier alpha value is -2.62. The molecule has 3 rings (SSSR count). The fourth-order valence-electron chi connectivity index (χ4n) is 2.74. The van der Waals surface area contributed by atoms with Crippen LogP contribution in [-0.2, 0) is 17.5 Å². The molecule has 0 aliphatic carbocycles. The van der Waals surface area contributed by atoms with Crippen LogP contribution < -0.4 is 5.32 Å². The van der Waals surface area contributed by atoms with Crippen molar-refractivity contribution < 1.29 is 18.0 Å². The molecule has 0 bridgehead atoms. The largest absolute Gasteiger partial charge is 0.435 e. The van der Waals surface area contributed by atoms with E-state index in [2.05, 4.69) is 31.4 Å². The number of carbonyl (C=O) groups is 1. The van der Waals surface area contributed by atoms with Crippen LogP contribution in [0.5, 0.6) is 0 Å². The molecule has 0 fully saturated rings. The lowest BCUT2D eigenvalue weighted by Gasteiger charge is -2.15. The molecule has 0 radical (unpaired) electrons. The molecule has 1 unspecified atom stereocenters. The van der Waals surface area contributed by atoms with Crippen LogP contribution in [-0.4, -0.2) is 25.5 Å². The molecular weight excluding hydrogens is 439 g/mol. The van der Waals surface area contributed by atoms with E-state index in [0.717, 1.165) is 20.8 Å². The normalized spacial score (nSPS) is 12.8. The van der Waals surface area contributed by atoms with Crippen molar-refractivity contribution in [1.29, 1.82) is 0 Å². The van der Waals surface area contributed by atoms with Crippen molar-refractivity contribution in [3.05, 3.63) is 64.1 Å². The van der Waals surface area contributed by atoms with Crippen molar-refractivity contribution in [2.24, 2.45) is 0 Å². The minimum Gasteiger partial charge on any atom is -0.324 e. The zero-order valence-electron chi connectivity index (χ0n) is 15.0. The summed E-state index contributed by atoms with van der Waals surface area (Å²) in [5.41, 5.74) is 0.696. The first-order chi connectivity index (χ1) is 13.1. The molecule has 0 aliphatic heterocycles. The van der Waals surface area contributed by atoms with Crippen molar-refractivity contribution in [2.75, 3.05) is 5.32 Å². The van der Waals surface area contributed by atoms with Crippen LogP contribution >= 0.6 is 15.9 Å². The number of nitrogens with one attached hydrogen (secondary N) is 1. The maximum absolute atomic E-state index is 12.8. The van der Waals surface area contributed by atoms with Crippen LogP contribution in [0.1, 0.15) is 29.9 Å². The predicted octanol–water partition coefficient (Wildman–Crippen LogP) is 4.42. The quantitative estimate of drug-likeness (QED) is 0.619. The van der Waals surface area contributed by atoms with Gasteiger partial charge in [0.05, 0.1) is 17.2 Å². The van der Waals surface area contributed by atoms with Gasteiger partial charge in [0.15, 0.2) is 5.69 Å². The number of halogens is 4. The van der Waals surface area contributed by atoms with E-state index in [1.807, 2.05) is 12.3 Å². The number of rotatable bonds is 5. The van der Waals surface area contributed by atoms with Gasteiger partial charge in [-0.1, -0.05) is 12.1 Å². The second kappa shape index (κ2) is 7.78. The lowest BCUT2D eigenvalue weighted by atomic mass is 10.2. The van der Waals surface area contributed by atoms with E-state index in [0.29, 0.717) is 12.2 Å². The highest BCUT2D eigenvalue weighted by Gasteiger charge is 2.35. The minimum absolute atomic E-state index is 0.257. The first-order valence-corrected chi connectivity index (χ1v) is 9.14. The number of aryl methyl sites for hydroxylation is 1. The van der Waals surface area contributed by atoms with Gasteiger partial charge in [0.2, 0.25) is 5.91 Å². The fraction of sp³-hybridized carbons (Fsp3) is 0.278. The summed E-state index contributed by atoms with van der Waals surface area (Å²) in [5.74, 6) is -0.459. The Morgan fingerprint density at radius 2 is 2.07 bits per heavy atom. The molecule has 6 nitrogen and oxygen atoms in total. The van der Waals surface area contributed by atoms with Gasteiger partial charge in [0.25, 0.3) is 0 Å². The van der Waals surface area contributed by atoms with Gasteiger partial charge in [-0.3, -0.25) is 14.2 Å². The SMILES string of the molecule is Cc1cc(C(F)(F)F)nn1C(C)C(=O)Nc1cccc(Cn2cc(Br)cn2)c1. The monoisotopic (exact) mass is 455 g/mol. The van der Waals surface area contributed by atoms with Crippen LogP contribution in [0, 0.1) is 6.92 Å². The third-order valence-corrected chi connectivity index (χ3v) is 4.51. The van der Waals surface area contributed by atoms with Gasteiger partial charge in [0.1, 0.15) is 6.04 Å². The van der Waals surface area contributed by atoms with E-state index in [-0.39, 0.29) is 5.69 Å². The van der Waals surface area contributed by atoms with E-state index < -0.39 is 23.8 Å². The number of anilines is 1. The molecule has 28 heavy (non-hydrogen) atoms. The Balaban J connectivity index is 1.72. The summed E-state index contributed by atoms with van der Waals surface area (Å²) in [7, 11) is 0. The standard InChI is InChI=1S/C18H17BrF3N5O/c1-11-6-16(18(20,21)22)25-27(11)12(2)17(28)24-15-5-3-4-13(7-15)9-26-10-14(19)8-23-26/h3-8,10,12H,9H2,1-2H3,(H,24,28). The van der Waals surface area contributed by atoms with E-state index in [9.17, 15) is 18.0 Å².